The highest BCUT2D eigenvalue weighted by Gasteiger charge is 2.32. The molecule has 0 heterocycles. The van der Waals surface area contributed by atoms with E-state index in [0.29, 0.717) is 6.42 Å². The summed E-state index contributed by atoms with van der Waals surface area (Å²) in [4.78, 5) is 12.3. The first-order valence-corrected chi connectivity index (χ1v) is 7.78. The molecule has 0 spiro atoms. The summed E-state index contributed by atoms with van der Waals surface area (Å²) in [6.45, 7) is 2.07. The molecule has 1 aromatic rings. The summed E-state index contributed by atoms with van der Waals surface area (Å²) in [6.07, 6.45) is 5.48. The Hall–Kier alpha value is -1.55. The zero-order chi connectivity index (χ0) is 15.3. The van der Waals surface area contributed by atoms with Gasteiger partial charge in [0.25, 0.3) is 0 Å². The third-order valence-corrected chi connectivity index (χ3v) is 4.37. The molecule has 1 aliphatic rings. The molecule has 0 aromatic heterocycles. The molecule has 1 fully saturated rings. The Morgan fingerprint density at radius 3 is 2.48 bits per heavy atom. The Labute approximate surface area is 127 Å². The van der Waals surface area contributed by atoms with Gasteiger partial charge in [0.2, 0.25) is 5.91 Å². The zero-order valence-corrected chi connectivity index (χ0v) is 13.0. The van der Waals surface area contributed by atoms with E-state index in [2.05, 4.69) is 12.2 Å². The molecule has 0 radical (unpaired) electrons. The molecular formula is C17H26N2O2. The van der Waals surface area contributed by atoms with Gasteiger partial charge in [0.05, 0.1) is 13.2 Å². The Balaban J connectivity index is 1.95. The molecule has 21 heavy (non-hydrogen) atoms. The second kappa shape index (κ2) is 6.94. The summed E-state index contributed by atoms with van der Waals surface area (Å²) in [7, 11) is 1.65. The van der Waals surface area contributed by atoms with Crippen LogP contribution in [-0.4, -0.2) is 18.6 Å². The van der Waals surface area contributed by atoms with Crippen LogP contribution in [0.5, 0.6) is 5.75 Å². The van der Waals surface area contributed by atoms with Crippen molar-refractivity contribution >= 4 is 5.91 Å². The van der Waals surface area contributed by atoms with Crippen molar-refractivity contribution in [3.63, 3.8) is 0 Å². The van der Waals surface area contributed by atoms with Crippen molar-refractivity contribution in [1.82, 2.24) is 5.32 Å². The van der Waals surface area contributed by atoms with Crippen molar-refractivity contribution in [2.45, 2.75) is 57.0 Å². The molecule has 2 rings (SSSR count). The lowest BCUT2D eigenvalue weighted by molar-refractivity contribution is -0.123. The number of hydrogen-bond acceptors (Lipinski definition) is 3. The molecule has 116 valence electrons. The van der Waals surface area contributed by atoms with Crippen LogP contribution in [0.15, 0.2) is 24.3 Å². The third-order valence-electron chi connectivity index (χ3n) is 4.37. The van der Waals surface area contributed by atoms with E-state index in [4.69, 9.17) is 10.5 Å². The van der Waals surface area contributed by atoms with E-state index in [0.717, 1.165) is 43.4 Å². The van der Waals surface area contributed by atoms with Crippen LogP contribution in [0.1, 0.15) is 57.1 Å². The highest BCUT2D eigenvalue weighted by molar-refractivity contribution is 5.77. The first kappa shape index (κ1) is 15.8. The van der Waals surface area contributed by atoms with Gasteiger partial charge in [-0.25, -0.2) is 0 Å². The highest BCUT2D eigenvalue weighted by Crippen LogP contribution is 2.30. The molecule has 1 unspecified atom stereocenters. The molecule has 4 heteroatoms. The van der Waals surface area contributed by atoms with Crippen LogP contribution in [0.3, 0.4) is 0 Å². The van der Waals surface area contributed by atoms with E-state index in [1.807, 2.05) is 24.3 Å². The van der Waals surface area contributed by atoms with Crippen LogP contribution in [0.25, 0.3) is 0 Å². The van der Waals surface area contributed by atoms with E-state index >= 15 is 0 Å². The fourth-order valence-electron chi connectivity index (χ4n) is 3.08. The highest BCUT2D eigenvalue weighted by atomic mass is 16.5. The van der Waals surface area contributed by atoms with Gasteiger partial charge in [0.1, 0.15) is 5.75 Å². The van der Waals surface area contributed by atoms with Crippen LogP contribution in [0.4, 0.5) is 0 Å². The lowest BCUT2D eigenvalue weighted by Gasteiger charge is -2.25. The Morgan fingerprint density at radius 2 is 1.95 bits per heavy atom. The topological polar surface area (TPSA) is 64.4 Å². The second-order valence-corrected chi connectivity index (χ2v) is 6.05. The summed E-state index contributed by atoms with van der Waals surface area (Å²) < 4.78 is 5.16. The third kappa shape index (κ3) is 4.21. The first-order valence-electron chi connectivity index (χ1n) is 7.78. The van der Waals surface area contributed by atoms with E-state index in [-0.39, 0.29) is 17.5 Å². The van der Waals surface area contributed by atoms with Crippen molar-refractivity contribution in [3.8, 4) is 5.75 Å². The van der Waals surface area contributed by atoms with Crippen LogP contribution in [0, 0.1) is 0 Å². The molecule has 1 atom stereocenters. The molecule has 1 saturated carbocycles. The number of carbonyl (C=O) groups is 1. The molecule has 1 amide bonds. The lowest BCUT2D eigenvalue weighted by atomic mass is 9.94. The van der Waals surface area contributed by atoms with Gasteiger partial charge in [-0.2, -0.15) is 0 Å². The van der Waals surface area contributed by atoms with Crippen molar-refractivity contribution in [3.05, 3.63) is 29.8 Å². The molecule has 3 N–H and O–H groups in total. The Morgan fingerprint density at radius 1 is 1.33 bits per heavy atom. The van der Waals surface area contributed by atoms with Gasteiger partial charge in [-0.3, -0.25) is 4.79 Å². The maximum absolute atomic E-state index is 12.3. The summed E-state index contributed by atoms with van der Waals surface area (Å²) in [5, 5.41) is 3.11. The monoisotopic (exact) mass is 290 g/mol. The van der Waals surface area contributed by atoms with E-state index < -0.39 is 0 Å². The summed E-state index contributed by atoms with van der Waals surface area (Å²) in [5.41, 5.74) is 7.09. The van der Waals surface area contributed by atoms with Gasteiger partial charge in [0.15, 0.2) is 0 Å². The fraction of sp³-hybridized carbons (Fsp3) is 0.588. The van der Waals surface area contributed by atoms with Crippen molar-refractivity contribution in [2.24, 2.45) is 5.73 Å². The number of nitrogens with two attached hydrogens (primary N) is 1. The molecule has 1 aromatic carbocycles. The maximum Gasteiger partial charge on any atom is 0.222 e. The average Bonchev–Trinajstić information content (AvgIpc) is 2.91. The summed E-state index contributed by atoms with van der Waals surface area (Å²) >= 11 is 0. The minimum absolute atomic E-state index is 0.0356. The number of methoxy groups -OCH3 is 1. The minimum atomic E-state index is -0.289. The Bertz CT molecular complexity index is 464. The molecule has 4 nitrogen and oxygen atoms in total. The quantitative estimate of drug-likeness (QED) is 0.846. The minimum Gasteiger partial charge on any atom is -0.497 e. The van der Waals surface area contributed by atoms with Crippen LogP contribution >= 0.6 is 0 Å². The lowest BCUT2D eigenvalue weighted by Crippen LogP contribution is -2.42. The number of carbonyl (C=O) groups excluding carboxylic acids is 1. The second-order valence-electron chi connectivity index (χ2n) is 6.05. The van der Waals surface area contributed by atoms with Gasteiger partial charge in [-0.1, -0.05) is 31.9 Å². The number of benzene rings is 1. The van der Waals surface area contributed by atoms with Crippen molar-refractivity contribution < 1.29 is 9.53 Å². The number of rotatable bonds is 6. The van der Waals surface area contributed by atoms with Gasteiger partial charge in [-0.05, 0) is 37.0 Å². The van der Waals surface area contributed by atoms with E-state index in [9.17, 15) is 4.79 Å². The van der Waals surface area contributed by atoms with E-state index in [1.165, 1.54) is 0 Å². The largest absolute Gasteiger partial charge is 0.497 e. The Kier molecular flexibility index (Phi) is 5.23. The van der Waals surface area contributed by atoms with Crippen molar-refractivity contribution in [1.29, 1.82) is 0 Å². The number of amides is 1. The van der Waals surface area contributed by atoms with E-state index in [1.54, 1.807) is 7.11 Å². The van der Waals surface area contributed by atoms with Gasteiger partial charge in [-0.15, -0.1) is 0 Å². The molecule has 0 bridgehead atoms. The predicted molar refractivity (Wildman–Crippen MR) is 84.2 cm³/mol. The van der Waals surface area contributed by atoms with Crippen LogP contribution < -0.4 is 15.8 Å². The molecule has 0 saturated heterocycles. The van der Waals surface area contributed by atoms with Crippen LogP contribution in [0.2, 0.25) is 0 Å². The van der Waals surface area contributed by atoms with Crippen LogP contribution in [-0.2, 0) is 4.79 Å². The normalized spacial score (nSPS) is 18.2. The van der Waals surface area contributed by atoms with Gasteiger partial charge >= 0.3 is 0 Å². The zero-order valence-electron chi connectivity index (χ0n) is 13.0. The average molecular weight is 290 g/mol. The summed E-state index contributed by atoms with van der Waals surface area (Å²) in [6, 6.07) is 7.88. The van der Waals surface area contributed by atoms with Gasteiger partial charge < -0.3 is 15.8 Å². The maximum atomic E-state index is 12.3. The number of hydrogen-bond donors (Lipinski definition) is 2. The smallest absolute Gasteiger partial charge is 0.222 e. The SMILES string of the molecule is CCC(NC(=O)CC1(N)CCCC1)c1ccc(OC)cc1. The number of ether oxygens (including phenoxy) is 1. The number of nitrogens with one attached hydrogen (secondary N) is 1. The standard InChI is InChI=1S/C17H26N2O2/c1-3-15(13-6-8-14(21-2)9-7-13)19-16(20)12-17(18)10-4-5-11-17/h6-9,15H,3-5,10-12,18H2,1-2H3,(H,19,20). The first-order chi connectivity index (χ1) is 10.1. The molecule has 0 aliphatic heterocycles. The molecule has 1 aliphatic carbocycles. The predicted octanol–water partition coefficient (Wildman–Crippen LogP) is 2.92. The van der Waals surface area contributed by atoms with Gasteiger partial charge in [0, 0.05) is 12.0 Å². The fourth-order valence-corrected chi connectivity index (χ4v) is 3.08. The van der Waals surface area contributed by atoms with Crippen molar-refractivity contribution in [2.75, 3.05) is 7.11 Å². The summed E-state index contributed by atoms with van der Waals surface area (Å²) in [5.74, 6) is 0.883. The molecular weight excluding hydrogens is 264 g/mol.